The second-order valence-corrected chi connectivity index (χ2v) is 26.1. The monoisotopic (exact) mass is 1340 g/mol. The molecule has 4 saturated heterocycles. The van der Waals surface area contributed by atoms with Crippen molar-refractivity contribution >= 4 is 86.1 Å². The molecule has 4 aliphatic rings. The third-order valence-electron chi connectivity index (χ3n) is 16.2. The fourth-order valence-electron chi connectivity index (χ4n) is 11.2. The standard InChI is InChI=1S/C31H30FN9S.C27H21FN8OS.C8H16N2O2.CH2O2.CH4/c1-3-25-29(39(2)31-38-28(26(11-33)42-31)21-4-7-24(32)8-5-21)41-18-22(6-9-27(41)37-25)23-14-35-30(36-15-23)40-16-20(17-40)10-19-12-34-13-19;1-3-21-25(34(2)27-33-24(22(10-29)38-27)16-4-7-19(28)8-5-16)36-13-17(6-9-23(36)32-21)18-11-30-26(31-12-18)35-14-20(37)15-35;1-8(2,3)12-7(11)10-4-6(9)5-10;2-1-3;/h4-9,14-15,18-20,34H,3,10,12-13,16-17H2,1-2H3;4-9,11-13H,3,14-15H2,1-2H3;6H,4-5,9H2,1-3H3;1H,(H,2,3);1H4. The van der Waals surface area contributed by atoms with Gasteiger partial charge < -0.3 is 45.4 Å². The van der Waals surface area contributed by atoms with E-state index in [9.17, 15) is 28.9 Å². The van der Waals surface area contributed by atoms with Gasteiger partial charge in [-0.15, -0.1) is 0 Å². The summed E-state index contributed by atoms with van der Waals surface area (Å²) in [7, 11) is 3.83. The van der Waals surface area contributed by atoms with Crippen LogP contribution in [0.25, 0.3) is 56.1 Å². The number of fused-ring (bicyclic) bond motifs is 2. The number of likely N-dealkylation sites (tertiary alicyclic amines) is 1. The van der Waals surface area contributed by atoms with Gasteiger partial charge in [-0.05, 0) is 138 Å². The number of nitrogens with two attached hydrogens (primary N) is 1. The van der Waals surface area contributed by atoms with Crippen molar-refractivity contribution in [2.75, 3.05) is 86.1 Å². The van der Waals surface area contributed by atoms with Crippen molar-refractivity contribution in [1.82, 2.24) is 58.9 Å². The van der Waals surface area contributed by atoms with E-state index in [1.54, 1.807) is 41.6 Å². The van der Waals surface area contributed by atoms with E-state index in [4.69, 9.17) is 50.3 Å². The van der Waals surface area contributed by atoms with E-state index >= 15 is 0 Å². The van der Waals surface area contributed by atoms with Crippen molar-refractivity contribution in [2.45, 2.75) is 73.0 Å². The number of anilines is 6. The molecule has 4 N–H and O–H groups in total. The molecule has 0 saturated carbocycles. The number of benzene rings is 2. The predicted molar refractivity (Wildman–Crippen MR) is 367 cm³/mol. The molecule has 12 heterocycles. The van der Waals surface area contributed by atoms with Crippen LogP contribution in [0.5, 0.6) is 0 Å². The molecule has 0 unspecified atom stereocenters. The molecule has 0 atom stereocenters. The minimum Gasteiger partial charge on any atom is -0.483 e. The first-order valence-electron chi connectivity index (χ1n) is 30.8. The van der Waals surface area contributed by atoms with Gasteiger partial charge in [0.15, 0.2) is 16.0 Å². The number of thiazole rings is 2. The molecule has 10 aromatic rings. The zero-order valence-corrected chi connectivity index (χ0v) is 54.9. The number of ether oxygens (including phenoxy) is 1. The van der Waals surface area contributed by atoms with Crippen LogP contribution in [0.2, 0.25) is 0 Å². The van der Waals surface area contributed by atoms with E-state index in [2.05, 4.69) is 49.8 Å². The minimum atomic E-state index is -0.406. The zero-order valence-electron chi connectivity index (χ0n) is 53.3. The summed E-state index contributed by atoms with van der Waals surface area (Å²) in [4.78, 5) is 78.9. The van der Waals surface area contributed by atoms with E-state index in [0.29, 0.717) is 81.1 Å². The molecule has 0 spiro atoms. The summed E-state index contributed by atoms with van der Waals surface area (Å²) in [5.41, 5.74) is 14.6. The molecule has 0 aliphatic carbocycles. The number of carbonyl (C=O) groups excluding carboxylic acids is 2. The Kier molecular flexibility index (Phi) is 21.0. The number of aromatic nitrogens is 10. The molecule has 0 radical (unpaired) electrons. The lowest BCUT2D eigenvalue weighted by Crippen LogP contribution is -2.58. The van der Waals surface area contributed by atoms with Crippen LogP contribution >= 0.6 is 22.7 Å². The van der Waals surface area contributed by atoms with E-state index < -0.39 is 5.60 Å². The smallest absolute Gasteiger partial charge is 0.410 e. The van der Waals surface area contributed by atoms with Crippen LogP contribution in [-0.4, -0.2) is 155 Å². The molecule has 2 aromatic carbocycles. The Morgan fingerprint density at radius 3 is 1.46 bits per heavy atom. The highest BCUT2D eigenvalue weighted by Crippen LogP contribution is 2.40. The van der Waals surface area contributed by atoms with Gasteiger partial charge >= 0.3 is 6.09 Å². The van der Waals surface area contributed by atoms with E-state index in [1.807, 2.05) is 104 Å². The fraction of sp³-hybridized carbons (Fsp3) is 0.338. The summed E-state index contributed by atoms with van der Waals surface area (Å²) >= 11 is 2.58. The average Bonchev–Trinajstić information content (AvgIpc) is 1.55. The first-order valence-corrected chi connectivity index (χ1v) is 32.4. The van der Waals surface area contributed by atoms with Gasteiger partial charge in [0, 0.05) is 117 Å². The van der Waals surface area contributed by atoms with Crippen LogP contribution in [-0.2, 0) is 27.2 Å². The van der Waals surface area contributed by atoms with Crippen LogP contribution in [0, 0.1) is 46.1 Å². The molecule has 4 aliphatic heterocycles. The first kappa shape index (κ1) is 68.5. The number of nitrogens with zero attached hydrogens (tertiary/aromatic N) is 17. The number of hydrogen-bond donors (Lipinski definition) is 3. The van der Waals surface area contributed by atoms with Crippen LogP contribution < -0.4 is 30.7 Å². The molecule has 14 rings (SSSR count). The molecule has 8 aromatic heterocycles. The summed E-state index contributed by atoms with van der Waals surface area (Å²) in [6, 6.07) is 24.6. The van der Waals surface area contributed by atoms with Crippen molar-refractivity contribution in [3.05, 3.63) is 143 Å². The number of Topliss-reactive ketones (excluding diaryl/α,β-unsaturated/α-hetero) is 1. The highest BCUT2D eigenvalue weighted by Gasteiger charge is 2.34. The number of carboxylic acid groups (broad SMARTS) is 1. The van der Waals surface area contributed by atoms with Crippen molar-refractivity contribution in [2.24, 2.45) is 17.6 Å². The fourth-order valence-corrected chi connectivity index (χ4v) is 12.9. The number of nitriles is 2. The first-order chi connectivity index (χ1) is 45.7. The molecule has 28 heteroatoms. The van der Waals surface area contributed by atoms with E-state index in [-0.39, 0.29) is 43.5 Å². The Morgan fingerprint density at radius 2 is 1.09 bits per heavy atom. The number of nitrogens with one attached hydrogen (secondary N) is 1. The highest BCUT2D eigenvalue weighted by molar-refractivity contribution is 7.17. The van der Waals surface area contributed by atoms with Crippen molar-refractivity contribution in [3.63, 3.8) is 0 Å². The summed E-state index contributed by atoms with van der Waals surface area (Å²) in [6.45, 7) is 15.7. The molecule has 1 amide bonds. The van der Waals surface area contributed by atoms with E-state index in [1.165, 1.54) is 53.4 Å². The summed E-state index contributed by atoms with van der Waals surface area (Å²) < 4.78 is 36.2. The number of hydrogen-bond acceptors (Lipinski definition) is 22. The highest BCUT2D eigenvalue weighted by atomic mass is 32.1. The average molecular weight is 1340 g/mol. The quantitative estimate of drug-likeness (QED) is 0.0852. The lowest BCUT2D eigenvalue weighted by molar-refractivity contribution is -0.123. The maximum Gasteiger partial charge on any atom is 0.410 e. The van der Waals surface area contributed by atoms with Gasteiger partial charge in [-0.3, -0.25) is 18.4 Å². The second kappa shape index (κ2) is 29.5. The second-order valence-electron chi connectivity index (χ2n) is 24.2. The molecule has 96 heavy (non-hydrogen) atoms. The molecular formula is C68H73F2N19O5S2. The molecule has 496 valence electrons. The number of pyridine rings is 2. The zero-order chi connectivity index (χ0) is 67.2. The predicted octanol–water partition coefficient (Wildman–Crippen LogP) is 10.8. The number of carbonyl (C=O) groups is 3. The molecule has 24 nitrogen and oxygen atoms in total. The summed E-state index contributed by atoms with van der Waals surface area (Å²) in [5, 5.41) is 31.1. The van der Waals surface area contributed by atoms with Gasteiger partial charge in [-0.1, -0.05) is 43.9 Å². The molecule has 4 fully saturated rings. The van der Waals surface area contributed by atoms with Crippen molar-refractivity contribution < 1.29 is 33.0 Å². The number of amides is 1. The van der Waals surface area contributed by atoms with Gasteiger partial charge in [0.25, 0.3) is 6.47 Å². The van der Waals surface area contributed by atoms with Crippen LogP contribution in [0.15, 0.2) is 110 Å². The van der Waals surface area contributed by atoms with Gasteiger partial charge in [-0.2, -0.15) is 10.5 Å². The van der Waals surface area contributed by atoms with Gasteiger partial charge in [-0.25, -0.2) is 53.4 Å². The van der Waals surface area contributed by atoms with Gasteiger partial charge in [0.1, 0.15) is 73.4 Å². The SMILES string of the molecule is C.CC(C)(C)OC(=O)N1CC(N)C1.CCc1nc2ccc(-c3cnc(N4CC(=O)C4)nc3)cn2c1N(C)c1nc(-c2ccc(F)cc2)c(C#N)s1.CCc1nc2ccc(-c3cnc(N4CC(CC5CNC5)C4)nc3)cn2c1N(C)c1nc(-c2ccc(F)cc2)c(C#N)s1.O=CO. The minimum absolute atomic E-state index is 0. The Hall–Kier alpha value is -10.4. The largest absolute Gasteiger partial charge is 0.483 e. The number of aryl methyl sites for hydroxylation is 2. The van der Waals surface area contributed by atoms with Crippen LogP contribution in [0.3, 0.4) is 0 Å². The van der Waals surface area contributed by atoms with Crippen molar-refractivity contribution in [1.29, 1.82) is 10.5 Å². The van der Waals surface area contributed by atoms with Gasteiger partial charge in [0.05, 0.1) is 24.5 Å². The summed E-state index contributed by atoms with van der Waals surface area (Å²) in [6.07, 6.45) is 13.8. The maximum absolute atomic E-state index is 13.5. The number of rotatable bonds is 14. The third-order valence-corrected chi connectivity index (χ3v) is 18.2. The number of imidazole rings is 2. The molecule has 0 bridgehead atoms. The van der Waals surface area contributed by atoms with Crippen LogP contribution in [0.4, 0.5) is 47.4 Å². The third kappa shape index (κ3) is 15.1. The summed E-state index contributed by atoms with van der Waals surface area (Å²) in [5.74, 6) is 4.12. The number of ketones is 1. The van der Waals surface area contributed by atoms with E-state index in [0.717, 1.165) is 107 Å². The van der Waals surface area contributed by atoms with Crippen molar-refractivity contribution in [3.8, 4) is 56.9 Å². The molecular weight excluding hydrogens is 1270 g/mol. The van der Waals surface area contributed by atoms with Crippen LogP contribution in [0.1, 0.15) is 69.6 Å². The lowest BCUT2D eigenvalue weighted by atomic mass is 9.86. The van der Waals surface area contributed by atoms with Gasteiger partial charge in [0.2, 0.25) is 11.9 Å². The normalized spacial score (nSPS) is 14.4. The number of halogens is 2. The topological polar surface area (TPSA) is 294 Å². The Morgan fingerprint density at radius 1 is 0.677 bits per heavy atom. The Labute approximate surface area is 562 Å². The Balaban J connectivity index is 0.000000171. The Bertz CT molecular complexity index is 4480. The lowest BCUT2D eigenvalue weighted by Gasteiger charge is -2.42. The maximum atomic E-state index is 13.5.